The topological polar surface area (TPSA) is 79.5 Å². The zero-order valence-electron chi connectivity index (χ0n) is 11.1. The molecule has 4 atom stereocenters. The van der Waals surface area contributed by atoms with Gasteiger partial charge in [0.05, 0.1) is 24.1 Å². The molecule has 1 saturated carbocycles. The van der Waals surface area contributed by atoms with Gasteiger partial charge in [0.15, 0.2) is 0 Å². The Morgan fingerprint density at radius 2 is 2.11 bits per heavy atom. The average molecular weight is 265 g/mol. The molecule has 1 amide bonds. The number of carbonyl (C=O) groups is 2. The monoisotopic (exact) mass is 265 g/mol. The second kappa shape index (κ2) is 5.47. The molecule has 0 saturated heterocycles. The van der Waals surface area contributed by atoms with E-state index in [-0.39, 0.29) is 17.9 Å². The highest BCUT2D eigenvalue weighted by Crippen LogP contribution is 2.36. The van der Waals surface area contributed by atoms with Gasteiger partial charge >= 0.3 is 5.97 Å². The van der Waals surface area contributed by atoms with Crippen LogP contribution in [0.25, 0.3) is 0 Å². The van der Waals surface area contributed by atoms with Gasteiger partial charge < -0.3 is 14.8 Å². The predicted octanol–water partition coefficient (Wildman–Crippen LogP) is 2.20. The van der Waals surface area contributed by atoms with E-state index in [1.54, 1.807) is 18.4 Å². The molecule has 1 aromatic heterocycles. The van der Waals surface area contributed by atoms with Crippen LogP contribution < -0.4 is 5.32 Å². The van der Waals surface area contributed by atoms with Crippen molar-refractivity contribution in [2.75, 3.05) is 0 Å². The third-order valence-corrected chi connectivity index (χ3v) is 3.78. The van der Waals surface area contributed by atoms with Crippen LogP contribution in [0.1, 0.15) is 38.5 Å². The number of rotatable bonds is 4. The molecule has 0 bridgehead atoms. The lowest BCUT2D eigenvalue weighted by Gasteiger charge is -2.18. The maximum Gasteiger partial charge on any atom is 0.307 e. The molecule has 0 aromatic carbocycles. The Bertz CT molecular complexity index is 454. The van der Waals surface area contributed by atoms with Gasteiger partial charge in [-0.15, -0.1) is 0 Å². The third kappa shape index (κ3) is 2.97. The van der Waals surface area contributed by atoms with Gasteiger partial charge in [0, 0.05) is 0 Å². The number of aliphatic carboxylic acids is 1. The van der Waals surface area contributed by atoms with E-state index in [0.717, 1.165) is 0 Å². The van der Waals surface area contributed by atoms with E-state index < -0.39 is 17.8 Å². The summed E-state index contributed by atoms with van der Waals surface area (Å²) in [7, 11) is 0. The summed E-state index contributed by atoms with van der Waals surface area (Å²) in [5, 5.41) is 12.0. The lowest BCUT2D eigenvalue weighted by molar-refractivity contribution is -0.146. The van der Waals surface area contributed by atoms with Gasteiger partial charge in [-0.25, -0.2) is 0 Å². The molecule has 1 fully saturated rings. The Kier molecular flexibility index (Phi) is 3.93. The molecule has 104 valence electrons. The average Bonchev–Trinajstić information content (AvgIpc) is 2.96. The number of furan rings is 1. The van der Waals surface area contributed by atoms with Crippen LogP contribution in [-0.4, -0.2) is 17.0 Å². The molecule has 1 aliphatic carbocycles. The third-order valence-electron chi connectivity index (χ3n) is 3.78. The second-order valence-corrected chi connectivity index (χ2v) is 5.37. The van der Waals surface area contributed by atoms with E-state index >= 15 is 0 Å². The van der Waals surface area contributed by atoms with Gasteiger partial charge in [0.1, 0.15) is 5.76 Å². The van der Waals surface area contributed by atoms with Crippen LogP contribution in [-0.2, 0) is 9.59 Å². The Hall–Kier alpha value is -1.78. The summed E-state index contributed by atoms with van der Waals surface area (Å²) >= 11 is 0. The van der Waals surface area contributed by atoms with Crippen molar-refractivity contribution in [3.8, 4) is 0 Å². The number of hydrogen-bond acceptors (Lipinski definition) is 3. The molecule has 1 aromatic rings. The lowest BCUT2D eigenvalue weighted by Crippen LogP contribution is -2.36. The lowest BCUT2D eigenvalue weighted by atomic mass is 9.95. The Balaban J connectivity index is 2.01. The predicted molar refractivity (Wildman–Crippen MR) is 68.3 cm³/mol. The summed E-state index contributed by atoms with van der Waals surface area (Å²) in [6, 6.07) is 3.31. The number of amides is 1. The minimum absolute atomic E-state index is 0.194. The summed E-state index contributed by atoms with van der Waals surface area (Å²) in [4.78, 5) is 23.4. The smallest absolute Gasteiger partial charge is 0.307 e. The van der Waals surface area contributed by atoms with Crippen molar-refractivity contribution in [2.24, 2.45) is 17.8 Å². The molecule has 5 heteroatoms. The number of hydrogen-bond donors (Lipinski definition) is 2. The summed E-state index contributed by atoms with van der Waals surface area (Å²) in [6.45, 7) is 3.81. The molecule has 2 unspecified atom stereocenters. The molecular formula is C14H19NO4. The van der Waals surface area contributed by atoms with Crippen LogP contribution in [0, 0.1) is 17.8 Å². The SMILES string of the molecule is CC1C[C@H](C(=O)NC(C)c2ccco2)[C@H](C(=O)O)C1. The first-order valence-corrected chi connectivity index (χ1v) is 6.55. The molecule has 1 heterocycles. The zero-order valence-corrected chi connectivity index (χ0v) is 11.1. The van der Waals surface area contributed by atoms with E-state index in [1.807, 2.05) is 13.8 Å². The number of carboxylic acids is 1. The zero-order chi connectivity index (χ0) is 14.0. The van der Waals surface area contributed by atoms with Crippen LogP contribution in [0.3, 0.4) is 0 Å². The Morgan fingerprint density at radius 3 is 2.68 bits per heavy atom. The van der Waals surface area contributed by atoms with Crippen molar-refractivity contribution >= 4 is 11.9 Å². The summed E-state index contributed by atoms with van der Waals surface area (Å²) < 4.78 is 5.22. The summed E-state index contributed by atoms with van der Waals surface area (Å²) in [6.07, 6.45) is 2.76. The fourth-order valence-electron chi connectivity index (χ4n) is 2.78. The van der Waals surface area contributed by atoms with Gasteiger partial charge in [-0.1, -0.05) is 6.92 Å². The fourth-order valence-corrected chi connectivity index (χ4v) is 2.78. The van der Waals surface area contributed by atoms with Gasteiger partial charge in [0.2, 0.25) is 5.91 Å². The first-order chi connectivity index (χ1) is 8.99. The van der Waals surface area contributed by atoms with Crippen LogP contribution in [0.4, 0.5) is 0 Å². The Morgan fingerprint density at radius 1 is 1.42 bits per heavy atom. The fraction of sp³-hybridized carbons (Fsp3) is 0.571. The maximum atomic E-state index is 12.2. The summed E-state index contributed by atoms with van der Waals surface area (Å²) in [5.74, 6) is -1.14. The summed E-state index contributed by atoms with van der Waals surface area (Å²) in [5.41, 5.74) is 0. The maximum absolute atomic E-state index is 12.2. The highest BCUT2D eigenvalue weighted by Gasteiger charge is 2.41. The Labute approximate surface area is 112 Å². The van der Waals surface area contributed by atoms with E-state index in [9.17, 15) is 9.59 Å². The van der Waals surface area contributed by atoms with Crippen molar-refractivity contribution in [3.05, 3.63) is 24.2 Å². The van der Waals surface area contributed by atoms with Gasteiger partial charge in [-0.3, -0.25) is 9.59 Å². The van der Waals surface area contributed by atoms with Gasteiger partial charge in [-0.05, 0) is 37.8 Å². The van der Waals surface area contributed by atoms with E-state index in [2.05, 4.69) is 5.32 Å². The standard InChI is InChI=1S/C14H19NO4/c1-8-6-10(11(7-8)14(17)18)13(16)15-9(2)12-4-3-5-19-12/h3-5,8-11H,6-7H2,1-2H3,(H,15,16)(H,17,18)/t8?,9?,10-,11+/m0/s1. The second-order valence-electron chi connectivity index (χ2n) is 5.37. The number of nitrogens with one attached hydrogen (secondary N) is 1. The molecule has 2 rings (SSSR count). The quantitative estimate of drug-likeness (QED) is 0.874. The van der Waals surface area contributed by atoms with Crippen molar-refractivity contribution in [1.82, 2.24) is 5.32 Å². The van der Waals surface area contributed by atoms with Crippen molar-refractivity contribution < 1.29 is 19.1 Å². The highest BCUT2D eigenvalue weighted by molar-refractivity contribution is 5.85. The molecule has 19 heavy (non-hydrogen) atoms. The number of carbonyl (C=O) groups excluding carboxylic acids is 1. The highest BCUT2D eigenvalue weighted by atomic mass is 16.4. The first-order valence-electron chi connectivity index (χ1n) is 6.55. The number of carboxylic acid groups (broad SMARTS) is 1. The molecule has 0 spiro atoms. The van der Waals surface area contributed by atoms with E-state index in [0.29, 0.717) is 18.6 Å². The van der Waals surface area contributed by atoms with Crippen molar-refractivity contribution in [2.45, 2.75) is 32.7 Å². The van der Waals surface area contributed by atoms with E-state index in [1.165, 1.54) is 0 Å². The van der Waals surface area contributed by atoms with Crippen LogP contribution >= 0.6 is 0 Å². The van der Waals surface area contributed by atoms with Crippen LogP contribution in [0.5, 0.6) is 0 Å². The van der Waals surface area contributed by atoms with Crippen molar-refractivity contribution in [3.63, 3.8) is 0 Å². The van der Waals surface area contributed by atoms with Crippen LogP contribution in [0.2, 0.25) is 0 Å². The molecule has 1 aliphatic rings. The molecule has 2 N–H and O–H groups in total. The molecule has 0 aliphatic heterocycles. The molecule has 5 nitrogen and oxygen atoms in total. The van der Waals surface area contributed by atoms with Crippen molar-refractivity contribution in [1.29, 1.82) is 0 Å². The minimum atomic E-state index is -0.879. The normalized spacial score (nSPS) is 28.0. The van der Waals surface area contributed by atoms with Crippen LogP contribution in [0.15, 0.2) is 22.8 Å². The first kappa shape index (κ1) is 13.6. The largest absolute Gasteiger partial charge is 0.481 e. The van der Waals surface area contributed by atoms with E-state index in [4.69, 9.17) is 9.52 Å². The minimum Gasteiger partial charge on any atom is -0.481 e. The van der Waals surface area contributed by atoms with Gasteiger partial charge in [-0.2, -0.15) is 0 Å². The molecular weight excluding hydrogens is 246 g/mol. The van der Waals surface area contributed by atoms with Gasteiger partial charge in [0.25, 0.3) is 0 Å². The molecule has 0 radical (unpaired) electrons.